The highest BCUT2D eigenvalue weighted by molar-refractivity contribution is 7.36. The van der Waals surface area contributed by atoms with E-state index in [1.54, 1.807) is 0 Å². The van der Waals surface area contributed by atoms with E-state index < -0.39 is 0 Å². The second kappa shape index (κ2) is 11.6. The average molecular weight is 633 g/mol. The van der Waals surface area contributed by atoms with Crippen molar-refractivity contribution in [1.82, 2.24) is 0 Å². The summed E-state index contributed by atoms with van der Waals surface area (Å²) in [6, 6.07) is 40.5. The third-order valence-corrected chi connectivity index (χ3v) is 11.8. The fraction of sp³-hybridized carbons (Fsp3) is 0.143. The average Bonchev–Trinajstić information content (AvgIpc) is 3.60. The molecule has 2 unspecified atom stereocenters. The van der Waals surface area contributed by atoms with Gasteiger partial charge in [-0.2, -0.15) is 0 Å². The molecule has 2 heterocycles. The minimum Gasteiger partial charge on any atom is -0.334 e. The third-order valence-electron chi connectivity index (χ3n) is 9.34. The van der Waals surface area contributed by atoms with Gasteiger partial charge >= 0.3 is 0 Å². The first-order chi connectivity index (χ1) is 22.5. The van der Waals surface area contributed by atoms with E-state index in [9.17, 15) is 0 Å². The summed E-state index contributed by atoms with van der Waals surface area (Å²) in [5.41, 5.74) is 9.92. The van der Waals surface area contributed by atoms with Crippen LogP contribution in [0.25, 0.3) is 29.6 Å². The summed E-state index contributed by atoms with van der Waals surface area (Å²) in [6.45, 7) is 8.93. The Labute approximate surface area is 279 Å². The molecule has 4 heteroatoms. The van der Waals surface area contributed by atoms with Crippen molar-refractivity contribution in [3.8, 4) is 0 Å². The van der Waals surface area contributed by atoms with E-state index in [1.807, 2.05) is 22.7 Å². The first kappa shape index (κ1) is 28.8. The highest BCUT2D eigenvalue weighted by Gasteiger charge is 2.26. The summed E-state index contributed by atoms with van der Waals surface area (Å²) in [4.78, 5) is 4.95. The second-order valence-electron chi connectivity index (χ2n) is 12.4. The van der Waals surface area contributed by atoms with E-state index in [2.05, 4.69) is 171 Å². The van der Waals surface area contributed by atoms with Crippen molar-refractivity contribution in [2.75, 3.05) is 9.80 Å². The highest BCUT2D eigenvalue weighted by Crippen LogP contribution is 2.48. The quantitative estimate of drug-likeness (QED) is 0.180. The van der Waals surface area contributed by atoms with Gasteiger partial charge < -0.3 is 9.80 Å². The Morgan fingerprint density at radius 3 is 1.54 bits per heavy atom. The molecule has 0 aliphatic heterocycles. The van der Waals surface area contributed by atoms with Gasteiger partial charge in [0.05, 0.1) is 15.4 Å². The van der Waals surface area contributed by atoms with Crippen LogP contribution in [0.1, 0.15) is 23.6 Å². The van der Waals surface area contributed by atoms with Crippen molar-refractivity contribution in [1.29, 1.82) is 0 Å². The number of anilines is 5. The lowest BCUT2D eigenvalue weighted by molar-refractivity contribution is 0.609. The van der Waals surface area contributed by atoms with Gasteiger partial charge in [0, 0.05) is 48.6 Å². The van der Waals surface area contributed by atoms with Crippen molar-refractivity contribution in [3.63, 3.8) is 0 Å². The SMILES string of the molecule is Cc1ccccc1N(c1ccc2c(c1)sc1c3ccc(N(c4ccccc4C)C4C=CC=CC4C)cc3sc21)c1ccccc1C. The van der Waals surface area contributed by atoms with Crippen LogP contribution in [0.15, 0.2) is 133 Å². The summed E-state index contributed by atoms with van der Waals surface area (Å²) in [6.07, 6.45) is 9.02. The van der Waals surface area contributed by atoms with Gasteiger partial charge in [-0.15, -0.1) is 22.7 Å². The monoisotopic (exact) mass is 632 g/mol. The molecule has 0 fully saturated rings. The molecule has 0 saturated carbocycles. The van der Waals surface area contributed by atoms with Gasteiger partial charge in [0.15, 0.2) is 0 Å². The summed E-state index contributed by atoms with van der Waals surface area (Å²) in [5, 5.41) is 2.68. The lowest BCUT2D eigenvalue weighted by atomic mass is 9.94. The maximum Gasteiger partial charge on any atom is 0.0585 e. The molecule has 0 N–H and O–H groups in total. The van der Waals surface area contributed by atoms with E-state index in [-0.39, 0.29) is 6.04 Å². The fourth-order valence-corrected chi connectivity index (χ4v) is 9.61. The van der Waals surface area contributed by atoms with Gasteiger partial charge in [-0.05, 0) is 85.8 Å². The molecule has 0 saturated heterocycles. The molecule has 8 rings (SSSR count). The Hall–Kier alpha value is -4.64. The van der Waals surface area contributed by atoms with Crippen LogP contribution in [0, 0.1) is 26.7 Å². The summed E-state index contributed by atoms with van der Waals surface area (Å²) in [7, 11) is 0. The van der Waals surface area contributed by atoms with E-state index in [1.165, 1.54) is 74.7 Å². The van der Waals surface area contributed by atoms with Crippen molar-refractivity contribution >= 4 is 80.7 Å². The lowest BCUT2D eigenvalue weighted by Gasteiger charge is -2.37. The zero-order chi connectivity index (χ0) is 31.4. The minimum absolute atomic E-state index is 0.258. The summed E-state index contributed by atoms with van der Waals surface area (Å²) in [5.74, 6) is 0.407. The molecule has 7 aromatic rings. The summed E-state index contributed by atoms with van der Waals surface area (Å²) >= 11 is 3.85. The standard InChI is InChI=1S/C42H36N2S2/c1-27-13-5-9-17-35(27)43(36-18-10-6-14-28(36)2)31-21-23-33-39(25-31)45-42-34-24-22-32(26-40(34)46-41(33)42)44(37-19-11-7-15-29(37)3)38-20-12-8-16-30(38)4/h5-27,35H,1-4H3. The van der Waals surface area contributed by atoms with Crippen LogP contribution in [-0.2, 0) is 0 Å². The van der Waals surface area contributed by atoms with E-state index >= 15 is 0 Å². The van der Waals surface area contributed by atoms with Gasteiger partial charge in [-0.1, -0.05) is 98.0 Å². The number of hydrogen-bond acceptors (Lipinski definition) is 4. The molecule has 46 heavy (non-hydrogen) atoms. The molecule has 0 radical (unpaired) electrons. The number of nitrogens with zero attached hydrogens (tertiary/aromatic N) is 2. The molecule has 226 valence electrons. The van der Waals surface area contributed by atoms with Gasteiger partial charge in [0.2, 0.25) is 0 Å². The van der Waals surface area contributed by atoms with Crippen molar-refractivity contribution in [2.45, 2.75) is 33.7 Å². The predicted molar refractivity (Wildman–Crippen MR) is 203 cm³/mol. The number of thiophene rings is 2. The molecular weight excluding hydrogens is 597 g/mol. The Kier molecular flexibility index (Phi) is 7.28. The van der Waals surface area contributed by atoms with Crippen LogP contribution in [0.5, 0.6) is 0 Å². The molecule has 2 nitrogen and oxygen atoms in total. The van der Waals surface area contributed by atoms with Crippen LogP contribution in [0.3, 0.4) is 0 Å². The van der Waals surface area contributed by atoms with E-state index in [0.717, 1.165) is 0 Å². The zero-order valence-electron chi connectivity index (χ0n) is 26.6. The number of allylic oxidation sites excluding steroid dienone is 2. The number of fused-ring (bicyclic) bond motifs is 5. The first-order valence-corrected chi connectivity index (χ1v) is 17.6. The largest absolute Gasteiger partial charge is 0.334 e. The van der Waals surface area contributed by atoms with Crippen LogP contribution >= 0.6 is 22.7 Å². The zero-order valence-corrected chi connectivity index (χ0v) is 28.2. The Morgan fingerprint density at radius 1 is 0.522 bits per heavy atom. The van der Waals surface area contributed by atoms with Gasteiger partial charge in [-0.3, -0.25) is 0 Å². The van der Waals surface area contributed by atoms with Gasteiger partial charge in [0.1, 0.15) is 0 Å². The maximum atomic E-state index is 2.53. The number of rotatable bonds is 6. The van der Waals surface area contributed by atoms with Crippen molar-refractivity contribution in [2.24, 2.45) is 5.92 Å². The van der Waals surface area contributed by atoms with Gasteiger partial charge in [0.25, 0.3) is 0 Å². The number of hydrogen-bond donors (Lipinski definition) is 0. The molecule has 0 bridgehead atoms. The minimum atomic E-state index is 0.258. The van der Waals surface area contributed by atoms with E-state index in [4.69, 9.17) is 0 Å². The number of para-hydroxylation sites is 3. The molecule has 2 aromatic heterocycles. The van der Waals surface area contributed by atoms with Crippen LogP contribution in [0.4, 0.5) is 28.4 Å². The summed E-state index contributed by atoms with van der Waals surface area (Å²) < 4.78 is 5.43. The van der Waals surface area contributed by atoms with Crippen LogP contribution in [-0.4, -0.2) is 6.04 Å². The van der Waals surface area contributed by atoms with Crippen LogP contribution < -0.4 is 9.80 Å². The number of benzene rings is 5. The Bertz CT molecular complexity index is 2260. The molecular formula is C42H36N2S2. The molecule has 2 atom stereocenters. The molecule has 1 aliphatic carbocycles. The van der Waals surface area contributed by atoms with Crippen molar-refractivity contribution in [3.05, 3.63) is 150 Å². The predicted octanol–water partition coefficient (Wildman–Crippen LogP) is 12.9. The molecule has 0 spiro atoms. The Balaban J connectivity index is 1.25. The highest BCUT2D eigenvalue weighted by atomic mass is 32.1. The lowest BCUT2D eigenvalue weighted by Crippen LogP contribution is -2.35. The molecule has 5 aromatic carbocycles. The van der Waals surface area contributed by atoms with Gasteiger partial charge in [-0.25, -0.2) is 0 Å². The molecule has 1 aliphatic rings. The van der Waals surface area contributed by atoms with Crippen LogP contribution in [0.2, 0.25) is 0 Å². The molecule has 0 amide bonds. The Morgan fingerprint density at radius 2 is 1.00 bits per heavy atom. The van der Waals surface area contributed by atoms with E-state index in [0.29, 0.717) is 5.92 Å². The first-order valence-electron chi connectivity index (χ1n) is 16.0. The second-order valence-corrected chi connectivity index (χ2v) is 14.5. The smallest absolute Gasteiger partial charge is 0.0585 e. The third kappa shape index (κ3) is 4.84. The van der Waals surface area contributed by atoms with Crippen molar-refractivity contribution < 1.29 is 0 Å². The number of aryl methyl sites for hydroxylation is 3. The normalized spacial score (nSPS) is 16.1. The topological polar surface area (TPSA) is 6.48 Å². The maximum absolute atomic E-state index is 2.53. The fourth-order valence-electron chi connectivity index (χ4n) is 6.89.